The lowest BCUT2D eigenvalue weighted by Gasteiger charge is -2.22. The first-order valence-corrected chi connectivity index (χ1v) is 8.31. The van der Waals surface area contributed by atoms with Crippen molar-refractivity contribution in [2.75, 3.05) is 0 Å². The van der Waals surface area contributed by atoms with Gasteiger partial charge in [-0.05, 0) is 30.2 Å². The van der Waals surface area contributed by atoms with E-state index in [2.05, 4.69) is 5.32 Å². The first-order valence-electron chi connectivity index (χ1n) is 7.55. The second kappa shape index (κ2) is 6.59. The van der Waals surface area contributed by atoms with Crippen LogP contribution in [-0.4, -0.2) is 21.8 Å². The van der Waals surface area contributed by atoms with Crippen molar-refractivity contribution in [2.24, 2.45) is 0 Å². The van der Waals surface area contributed by atoms with Crippen LogP contribution in [0.25, 0.3) is 0 Å². The molecule has 26 heavy (non-hydrogen) atoms. The molecule has 3 rings (SSSR count). The van der Waals surface area contributed by atoms with Gasteiger partial charge >= 0.3 is 6.03 Å². The van der Waals surface area contributed by atoms with Crippen LogP contribution in [0, 0.1) is 10.1 Å². The van der Waals surface area contributed by atoms with E-state index in [0.717, 1.165) is 4.90 Å². The highest BCUT2D eigenvalue weighted by molar-refractivity contribution is 6.42. The highest BCUT2D eigenvalue weighted by atomic mass is 35.5. The van der Waals surface area contributed by atoms with Gasteiger partial charge in [-0.25, -0.2) is 4.79 Å². The summed E-state index contributed by atoms with van der Waals surface area (Å²) in [5.74, 6) is -0.445. The molecule has 1 aliphatic heterocycles. The third kappa shape index (κ3) is 3.11. The highest BCUT2D eigenvalue weighted by Gasteiger charge is 2.49. The smallest absolute Gasteiger partial charge is 0.319 e. The number of benzene rings is 2. The Morgan fingerprint density at radius 1 is 1.12 bits per heavy atom. The number of rotatable bonds is 4. The molecular formula is C17H13Cl2N3O4. The van der Waals surface area contributed by atoms with Gasteiger partial charge in [-0.1, -0.05) is 41.4 Å². The molecule has 2 aromatic rings. The minimum atomic E-state index is -1.27. The van der Waals surface area contributed by atoms with Gasteiger partial charge < -0.3 is 5.32 Å². The fourth-order valence-corrected chi connectivity index (χ4v) is 3.05. The number of urea groups is 1. The third-order valence-corrected chi connectivity index (χ3v) is 5.00. The zero-order chi connectivity index (χ0) is 19.1. The number of nitro groups is 1. The molecule has 0 aliphatic carbocycles. The average Bonchev–Trinajstić information content (AvgIpc) is 2.82. The number of hydrogen-bond donors (Lipinski definition) is 1. The number of nitro benzene ring substituents is 1. The van der Waals surface area contributed by atoms with E-state index in [-0.39, 0.29) is 17.3 Å². The summed E-state index contributed by atoms with van der Waals surface area (Å²) in [6, 6.07) is 9.84. The summed E-state index contributed by atoms with van der Waals surface area (Å²) in [4.78, 5) is 36.5. The molecule has 2 aromatic carbocycles. The molecule has 1 N–H and O–H groups in total. The number of carbonyl (C=O) groups excluding carboxylic acids is 2. The maximum absolute atomic E-state index is 12.9. The number of nitrogens with zero attached hydrogens (tertiary/aromatic N) is 2. The summed E-state index contributed by atoms with van der Waals surface area (Å²) in [6.45, 7) is 1.59. The Morgan fingerprint density at radius 3 is 2.35 bits per heavy atom. The number of nitrogens with one attached hydrogen (secondary N) is 1. The second-order valence-corrected chi connectivity index (χ2v) is 6.81. The quantitative estimate of drug-likeness (QED) is 0.484. The van der Waals surface area contributed by atoms with Gasteiger partial charge in [0.2, 0.25) is 0 Å². The molecule has 7 nitrogen and oxygen atoms in total. The van der Waals surface area contributed by atoms with Gasteiger partial charge in [0.1, 0.15) is 5.54 Å². The largest absolute Gasteiger partial charge is 0.325 e. The zero-order valence-corrected chi connectivity index (χ0v) is 15.0. The van der Waals surface area contributed by atoms with E-state index in [0.29, 0.717) is 16.1 Å². The summed E-state index contributed by atoms with van der Waals surface area (Å²) >= 11 is 11.9. The summed E-state index contributed by atoms with van der Waals surface area (Å²) in [5.41, 5.74) is -0.230. The summed E-state index contributed by atoms with van der Waals surface area (Å²) in [5, 5.41) is 14.0. The van der Waals surface area contributed by atoms with Crippen molar-refractivity contribution in [2.45, 2.75) is 19.0 Å². The molecule has 1 unspecified atom stereocenters. The Kier molecular flexibility index (Phi) is 4.60. The maximum atomic E-state index is 12.9. The first kappa shape index (κ1) is 18.2. The minimum absolute atomic E-state index is 0.000424. The van der Waals surface area contributed by atoms with Crippen LogP contribution >= 0.6 is 23.2 Å². The number of amides is 3. The zero-order valence-electron chi connectivity index (χ0n) is 13.5. The summed E-state index contributed by atoms with van der Waals surface area (Å²) < 4.78 is 0. The lowest BCUT2D eigenvalue weighted by atomic mass is 9.92. The fourth-order valence-electron chi connectivity index (χ4n) is 2.75. The monoisotopic (exact) mass is 393 g/mol. The van der Waals surface area contributed by atoms with Crippen LogP contribution in [0.4, 0.5) is 10.5 Å². The van der Waals surface area contributed by atoms with Crippen LogP contribution in [0.5, 0.6) is 0 Å². The molecular weight excluding hydrogens is 381 g/mol. The topological polar surface area (TPSA) is 92.6 Å². The molecule has 0 saturated carbocycles. The lowest BCUT2D eigenvalue weighted by Crippen LogP contribution is -2.40. The molecule has 1 heterocycles. The van der Waals surface area contributed by atoms with E-state index in [1.807, 2.05) is 0 Å². The molecule has 0 aromatic heterocycles. The highest BCUT2D eigenvalue weighted by Crippen LogP contribution is 2.33. The SMILES string of the molecule is CC1(c2ccc(Cl)c(Cl)c2)NC(=O)N(Cc2ccc([N+](=O)[O-])cc2)C1=O. The molecule has 0 bridgehead atoms. The number of hydrogen-bond acceptors (Lipinski definition) is 4. The molecule has 1 fully saturated rings. The number of imide groups is 1. The van der Waals surface area contributed by atoms with Crippen molar-refractivity contribution in [3.05, 3.63) is 73.8 Å². The van der Waals surface area contributed by atoms with E-state index in [1.165, 1.54) is 30.3 Å². The van der Waals surface area contributed by atoms with Crippen molar-refractivity contribution >= 4 is 40.8 Å². The van der Waals surface area contributed by atoms with Gasteiger partial charge in [-0.2, -0.15) is 0 Å². The third-order valence-electron chi connectivity index (χ3n) is 4.26. The van der Waals surface area contributed by atoms with Crippen molar-refractivity contribution in [1.29, 1.82) is 0 Å². The second-order valence-electron chi connectivity index (χ2n) is 6.00. The molecule has 1 aliphatic rings. The van der Waals surface area contributed by atoms with Crippen molar-refractivity contribution < 1.29 is 14.5 Å². The summed E-state index contributed by atoms with van der Waals surface area (Å²) in [6.07, 6.45) is 0. The molecule has 1 atom stereocenters. The Morgan fingerprint density at radius 2 is 1.77 bits per heavy atom. The van der Waals surface area contributed by atoms with Crippen LogP contribution in [0.1, 0.15) is 18.1 Å². The molecule has 0 radical (unpaired) electrons. The first-order chi connectivity index (χ1) is 12.2. The van der Waals surface area contributed by atoms with Crippen LogP contribution in [0.2, 0.25) is 10.0 Å². The Hall–Kier alpha value is -2.64. The number of carbonyl (C=O) groups is 2. The Balaban J connectivity index is 1.86. The summed E-state index contributed by atoms with van der Waals surface area (Å²) in [7, 11) is 0. The van der Waals surface area contributed by atoms with Gasteiger partial charge in [0.05, 0.1) is 21.5 Å². The van der Waals surface area contributed by atoms with E-state index < -0.39 is 22.4 Å². The maximum Gasteiger partial charge on any atom is 0.325 e. The predicted octanol–water partition coefficient (Wildman–Crippen LogP) is 3.87. The molecule has 1 saturated heterocycles. The molecule has 134 valence electrons. The predicted molar refractivity (Wildman–Crippen MR) is 96.0 cm³/mol. The van der Waals surface area contributed by atoms with Gasteiger partial charge in [-0.15, -0.1) is 0 Å². The lowest BCUT2D eigenvalue weighted by molar-refractivity contribution is -0.384. The molecule has 9 heteroatoms. The van der Waals surface area contributed by atoms with E-state index in [4.69, 9.17) is 23.2 Å². The van der Waals surface area contributed by atoms with Crippen LogP contribution in [0.3, 0.4) is 0 Å². The molecule has 3 amide bonds. The van der Waals surface area contributed by atoms with E-state index in [9.17, 15) is 19.7 Å². The average molecular weight is 394 g/mol. The van der Waals surface area contributed by atoms with Gasteiger partial charge in [0.25, 0.3) is 11.6 Å². The van der Waals surface area contributed by atoms with Crippen LogP contribution in [0.15, 0.2) is 42.5 Å². The normalized spacial score (nSPS) is 19.6. The number of halogens is 2. The Labute approximate surface area is 158 Å². The fraction of sp³-hybridized carbons (Fsp3) is 0.176. The van der Waals surface area contributed by atoms with Crippen LogP contribution < -0.4 is 5.32 Å². The molecule has 0 spiro atoms. The minimum Gasteiger partial charge on any atom is -0.319 e. The Bertz CT molecular complexity index is 917. The van der Waals surface area contributed by atoms with E-state index >= 15 is 0 Å². The number of non-ortho nitro benzene ring substituents is 1. The van der Waals surface area contributed by atoms with Gasteiger partial charge in [-0.3, -0.25) is 19.8 Å². The van der Waals surface area contributed by atoms with Crippen molar-refractivity contribution in [3.63, 3.8) is 0 Å². The van der Waals surface area contributed by atoms with Gasteiger partial charge in [0, 0.05) is 12.1 Å². The van der Waals surface area contributed by atoms with Crippen molar-refractivity contribution in [3.8, 4) is 0 Å². The van der Waals surface area contributed by atoms with Gasteiger partial charge in [0.15, 0.2) is 0 Å². The van der Waals surface area contributed by atoms with Crippen LogP contribution in [-0.2, 0) is 16.9 Å². The van der Waals surface area contributed by atoms with Crippen molar-refractivity contribution in [1.82, 2.24) is 10.2 Å². The van der Waals surface area contributed by atoms with E-state index in [1.54, 1.807) is 19.1 Å². The standard InChI is InChI=1S/C17H13Cl2N3O4/c1-17(11-4-7-13(18)14(19)8-11)15(23)21(16(24)20-17)9-10-2-5-12(6-3-10)22(25)26/h2-8H,9H2,1H3,(H,20,24).